The third kappa shape index (κ3) is 2.85. The first-order chi connectivity index (χ1) is 12.3. The number of fused-ring (bicyclic) bond motifs is 3. The average Bonchev–Trinajstić information content (AvgIpc) is 3.29. The molecule has 25 heavy (non-hydrogen) atoms. The lowest BCUT2D eigenvalue weighted by Gasteiger charge is -2.38. The number of hydrogen-bond acceptors (Lipinski definition) is 5. The van der Waals surface area contributed by atoms with Gasteiger partial charge in [0.15, 0.2) is 0 Å². The molecular formula is C20H28N4S. The molecule has 1 saturated heterocycles. The zero-order valence-electron chi connectivity index (χ0n) is 15.2. The van der Waals surface area contributed by atoms with Gasteiger partial charge in [-0.3, -0.25) is 4.90 Å². The van der Waals surface area contributed by atoms with E-state index in [9.17, 15) is 0 Å². The van der Waals surface area contributed by atoms with Crippen LogP contribution in [0.15, 0.2) is 6.33 Å². The van der Waals surface area contributed by atoms with E-state index < -0.39 is 0 Å². The highest BCUT2D eigenvalue weighted by Crippen LogP contribution is 2.40. The maximum atomic E-state index is 4.76. The average molecular weight is 357 g/mol. The molecule has 0 aromatic carbocycles. The number of rotatable bonds is 2. The summed E-state index contributed by atoms with van der Waals surface area (Å²) in [4.78, 5) is 17.4. The molecule has 0 radical (unpaired) electrons. The van der Waals surface area contributed by atoms with E-state index in [0.29, 0.717) is 0 Å². The summed E-state index contributed by atoms with van der Waals surface area (Å²) >= 11 is 1.91. The molecule has 5 rings (SSSR count). The zero-order chi connectivity index (χ0) is 16.8. The fourth-order valence-corrected chi connectivity index (χ4v) is 6.25. The predicted octanol–water partition coefficient (Wildman–Crippen LogP) is 3.88. The SMILES string of the molecule is C[C@@H]1CCc2sc3ncnc(N4CCN(C5CCCC5)CC4)c3c2C1. The minimum atomic E-state index is 0.789. The van der Waals surface area contributed by atoms with Crippen molar-refractivity contribution in [1.29, 1.82) is 0 Å². The van der Waals surface area contributed by atoms with Crippen LogP contribution >= 0.6 is 11.3 Å². The molecule has 0 spiro atoms. The van der Waals surface area contributed by atoms with Gasteiger partial charge >= 0.3 is 0 Å². The Kier molecular flexibility index (Phi) is 4.17. The molecule has 1 saturated carbocycles. The first-order valence-electron chi connectivity index (χ1n) is 10.0. The quantitative estimate of drug-likeness (QED) is 0.817. The molecule has 4 nitrogen and oxygen atoms in total. The van der Waals surface area contributed by atoms with Gasteiger partial charge in [0.25, 0.3) is 0 Å². The second-order valence-corrected chi connectivity index (χ2v) is 9.27. The molecule has 3 heterocycles. The molecule has 1 atom stereocenters. The summed E-state index contributed by atoms with van der Waals surface area (Å²) in [5, 5.41) is 1.38. The Bertz CT molecular complexity index is 756. The Hall–Kier alpha value is -1.20. The summed E-state index contributed by atoms with van der Waals surface area (Å²) in [6, 6.07) is 0.849. The van der Waals surface area contributed by atoms with Gasteiger partial charge in [-0.1, -0.05) is 19.8 Å². The van der Waals surface area contributed by atoms with Crippen LogP contribution in [0.25, 0.3) is 10.2 Å². The van der Waals surface area contributed by atoms with Crippen molar-refractivity contribution in [1.82, 2.24) is 14.9 Å². The molecule has 0 amide bonds. The van der Waals surface area contributed by atoms with E-state index in [1.54, 1.807) is 16.8 Å². The van der Waals surface area contributed by atoms with Crippen LogP contribution in [0.5, 0.6) is 0 Å². The van der Waals surface area contributed by atoms with E-state index >= 15 is 0 Å². The topological polar surface area (TPSA) is 32.3 Å². The maximum absolute atomic E-state index is 4.76. The van der Waals surface area contributed by atoms with Gasteiger partial charge in [-0.2, -0.15) is 0 Å². The third-order valence-corrected chi connectivity index (χ3v) is 7.72. The van der Waals surface area contributed by atoms with E-state index in [2.05, 4.69) is 21.7 Å². The van der Waals surface area contributed by atoms with Crippen LogP contribution in [0, 0.1) is 5.92 Å². The van der Waals surface area contributed by atoms with Gasteiger partial charge in [0.2, 0.25) is 0 Å². The normalized spacial score (nSPS) is 25.6. The molecule has 134 valence electrons. The molecule has 5 heteroatoms. The van der Waals surface area contributed by atoms with Crippen LogP contribution in [0.4, 0.5) is 5.82 Å². The van der Waals surface area contributed by atoms with E-state index in [4.69, 9.17) is 4.98 Å². The Balaban J connectivity index is 1.42. The standard InChI is InChI=1S/C20H28N4S/c1-14-6-7-17-16(12-14)18-19(21-13-22-20(18)25-17)24-10-8-23(9-11-24)15-4-2-3-5-15/h13-15H,2-12H2,1H3/t14-/m1/s1. The highest BCUT2D eigenvalue weighted by molar-refractivity contribution is 7.19. The lowest BCUT2D eigenvalue weighted by atomic mass is 9.88. The highest BCUT2D eigenvalue weighted by atomic mass is 32.1. The van der Waals surface area contributed by atoms with Gasteiger partial charge in [0.1, 0.15) is 17.0 Å². The lowest BCUT2D eigenvalue weighted by Crippen LogP contribution is -2.50. The molecular weight excluding hydrogens is 328 g/mol. The number of aryl methyl sites for hydroxylation is 1. The maximum Gasteiger partial charge on any atom is 0.141 e. The lowest BCUT2D eigenvalue weighted by molar-refractivity contribution is 0.187. The summed E-state index contributed by atoms with van der Waals surface area (Å²) < 4.78 is 0. The van der Waals surface area contributed by atoms with Gasteiger partial charge < -0.3 is 4.90 Å². The molecule has 0 unspecified atom stereocenters. The van der Waals surface area contributed by atoms with Crippen LogP contribution in [0.1, 0.15) is 49.5 Å². The van der Waals surface area contributed by atoms with E-state index in [0.717, 1.165) is 25.0 Å². The largest absolute Gasteiger partial charge is 0.353 e. The van der Waals surface area contributed by atoms with Crippen molar-refractivity contribution >= 4 is 27.4 Å². The van der Waals surface area contributed by atoms with Gasteiger partial charge in [-0.05, 0) is 43.6 Å². The van der Waals surface area contributed by atoms with Crippen molar-refractivity contribution in [3.8, 4) is 0 Å². The van der Waals surface area contributed by atoms with Crippen LogP contribution in [0.3, 0.4) is 0 Å². The van der Waals surface area contributed by atoms with Gasteiger partial charge in [-0.25, -0.2) is 9.97 Å². The van der Waals surface area contributed by atoms with Gasteiger partial charge in [0, 0.05) is 37.1 Å². The van der Waals surface area contributed by atoms with Crippen molar-refractivity contribution in [2.75, 3.05) is 31.1 Å². The number of hydrogen-bond donors (Lipinski definition) is 0. The highest BCUT2D eigenvalue weighted by Gasteiger charge is 2.29. The molecule has 2 fully saturated rings. The first-order valence-corrected chi connectivity index (χ1v) is 10.9. The monoisotopic (exact) mass is 356 g/mol. The fraction of sp³-hybridized carbons (Fsp3) is 0.700. The predicted molar refractivity (Wildman–Crippen MR) is 105 cm³/mol. The summed E-state index contributed by atoms with van der Waals surface area (Å²) in [6.07, 6.45) is 11.2. The summed E-state index contributed by atoms with van der Waals surface area (Å²) in [6.45, 7) is 7.00. The molecule has 2 aromatic rings. The molecule has 0 bridgehead atoms. The third-order valence-electron chi connectivity index (χ3n) is 6.52. The number of aromatic nitrogens is 2. The fourth-order valence-electron chi connectivity index (χ4n) is 5.07. The van der Waals surface area contributed by atoms with E-state index in [-0.39, 0.29) is 0 Å². The van der Waals surface area contributed by atoms with E-state index in [1.807, 2.05) is 11.3 Å². The second-order valence-electron chi connectivity index (χ2n) is 8.19. The van der Waals surface area contributed by atoms with Crippen molar-refractivity contribution < 1.29 is 0 Å². The Morgan fingerprint density at radius 3 is 2.64 bits per heavy atom. The molecule has 0 N–H and O–H groups in total. The van der Waals surface area contributed by atoms with Crippen LogP contribution in [-0.4, -0.2) is 47.1 Å². The summed E-state index contributed by atoms with van der Waals surface area (Å²) in [7, 11) is 0. The molecule has 2 aliphatic carbocycles. The minimum absolute atomic E-state index is 0.789. The smallest absolute Gasteiger partial charge is 0.141 e. The first kappa shape index (κ1) is 16.0. The van der Waals surface area contributed by atoms with E-state index in [1.165, 1.54) is 74.1 Å². The summed E-state index contributed by atoms with van der Waals surface area (Å²) in [5.74, 6) is 2.00. The van der Waals surface area contributed by atoms with Crippen molar-refractivity contribution in [3.05, 3.63) is 16.8 Å². The van der Waals surface area contributed by atoms with Gasteiger partial charge in [0.05, 0.1) is 5.39 Å². The number of piperazine rings is 1. The number of thiophene rings is 1. The van der Waals surface area contributed by atoms with Crippen LogP contribution in [-0.2, 0) is 12.8 Å². The number of nitrogens with zero attached hydrogens (tertiary/aromatic N) is 4. The zero-order valence-corrected chi connectivity index (χ0v) is 16.0. The van der Waals surface area contributed by atoms with Gasteiger partial charge in [-0.15, -0.1) is 11.3 Å². The van der Waals surface area contributed by atoms with Crippen molar-refractivity contribution in [3.63, 3.8) is 0 Å². The molecule has 2 aromatic heterocycles. The Morgan fingerprint density at radius 2 is 1.84 bits per heavy atom. The van der Waals surface area contributed by atoms with Crippen molar-refractivity contribution in [2.24, 2.45) is 5.92 Å². The minimum Gasteiger partial charge on any atom is -0.353 e. The van der Waals surface area contributed by atoms with Crippen LogP contribution < -0.4 is 4.90 Å². The van der Waals surface area contributed by atoms with Crippen LogP contribution in [0.2, 0.25) is 0 Å². The number of anilines is 1. The Labute approximate surface area is 154 Å². The molecule has 3 aliphatic rings. The summed E-state index contributed by atoms with van der Waals surface area (Å²) in [5.41, 5.74) is 1.56. The second kappa shape index (κ2) is 6.51. The molecule has 1 aliphatic heterocycles. The Morgan fingerprint density at radius 1 is 1.04 bits per heavy atom. The van der Waals surface area contributed by atoms with Crippen molar-refractivity contribution in [2.45, 2.75) is 57.9 Å².